The molecule has 1 aromatic carbocycles. The molecular formula is C11H11F3O2. The molecule has 0 unspecified atom stereocenters. The molecule has 0 spiro atoms. The lowest BCUT2D eigenvalue weighted by molar-refractivity contribution is -0.137. The largest absolute Gasteiger partial charge is 0.416 e. The average Bonchev–Trinajstić information content (AvgIpc) is 2.16. The van der Waals surface area contributed by atoms with Crippen LogP contribution in [0.2, 0.25) is 0 Å². The van der Waals surface area contributed by atoms with Gasteiger partial charge in [-0.05, 0) is 17.7 Å². The third kappa shape index (κ3) is 1.81. The maximum Gasteiger partial charge on any atom is 0.416 e. The summed E-state index contributed by atoms with van der Waals surface area (Å²) in [4.78, 5) is 0. The zero-order chi connectivity index (χ0) is 11.8. The molecule has 1 saturated heterocycles. The smallest absolute Gasteiger partial charge is 0.395 e. The minimum Gasteiger partial charge on any atom is -0.395 e. The molecule has 88 valence electrons. The second-order valence-electron chi connectivity index (χ2n) is 4.01. The summed E-state index contributed by atoms with van der Waals surface area (Å²) in [5, 5.41) is 9.22. The molecule has 0 bridgehead atoms. The summed E-state index contributed by atoms with van der Waals surface area (Å²) in [7, 11) is 0. The quantitative estimate of drug-likeness (QED) is 0.844. The summed E-state index contributed by atoms with van der Waals surface area (Å²) in [6, 6.07) is 4.87. The first-order chi connectivity index (χ1) is 7.48. The summed E-state index contributed by atoms with van der Waals surface area (Å²) in [5.41, 5.74) is -0.497. The second-order valence-corrected chi connectivity index (χ2v) is 4.01. The highest BCUT2D eigenvalue weighted by molar-refractivity contribution is 5.32. The van der Waals surface area contributed by atoms with Crippen molar-refractivity contribution >= 4 is 0 Å². The van der Waals surface area contributed by atoms with Gasteiger partial charge in [0.15, 0.2) is 0 Å². The third-order valence-electron chi connectivity index (χ3n) is 2.88. The van der Waals surface area contributed by atoms with Gasteiger partial charge in [-0.3, -0.25) is 0 Å². The Hall–Kier alpha value is -1.07. The SMILES string of the molecule is OCC1(c2ccc(C(F)(F)F)cc2)COC1. The molecule has 1 aromatic rings. The molecule has 0 atom stereocenters. The van der Waals surface area contributed by atoms with E-state index in [0.29, 0.717) is 18.8 Å². The molecule has 0 radical (unpaired) electrons. The Morgan fingerprint density at radius 3 is 2.06 bits per heavy atom. The number of halogens is 3. The predicted molar refractivity (Wildman–Crippen MR) is 51.0 cm³/mol. The molecule has 1 N–H and O–H groups in total. The summed E-state index contributed by atoms with van der Waals surface area (Å²) in [6.07, 6.45) is -4.32. The van der Waals surface area contributed by atoms with Crippen LogP contribution in [0, 0.1) is 0 Å². The molecule has 16 heavy (non-hydrogen) atoms. The van der Waals surface area contributed by atoms with E-state index in [1.54, 1.807) is 0 Å². The van der Waals surface area contributed by atoms with Crippen molar-refractivity contribution in [2.75, 3.05) is 19.8 Å². The monoisotopic (exact) mass is 232 g/mol. The lowest BCUT2D eigenvalue weighted by atomic mass is 9.79. The molecule has 0 amide bonds. The van der Waals surface area contributed by atoms with Gasteiger partial charge >= 0.3 is 6.18 Å². The van der Waals surface area contributed by atoms with E-state index in [-0.39, 0.29) is 6.61 Å². The van der Waals surface area contributed by atoms with Crippen molar-refractivity contribution in [1.82, 2.24) is 0 Å². The molecular weight excluding hydrogens is 221 g/mol. The Kier molecular flexibility index (Phi) is 2.67. The number of ether oxygens (including phenoxy) is 1. The highest BCUT2D eigenvalue weighted by Crippen LogP contribution is 2.34. The minimum atomic E-state index is -4.32. The number of hydrogen-bond donors (Lipinski definition) is 1. The normalized spacial score (nSPS) is 19.2. The Labute approximate surface area is 90.7 Å². The first-order valence-corrected chi connectivity index (χ1v) is 4.84. The van der Waals surface area contributed by atoms with Crippen molar-refractivity contribution in [3.05, 3.63) is 35.4 Å². The zero-order valence-corrected chi connectivity index (χ0v) is 8.42. The van der Waals surface area contributed by atoms with Gasteiger partial charge in [0.05, 0.1) is 30.8 Å². The van der Waals surface area contributed by atoms with Gasteiger partial charge in [-0.15, -0.1) is 0 Å². The van der Waals surface area contributed by atoms with E-state index < -0.39 is 17.2 Å². The summed E-state index contributed by atoms with van der Waals surface area (Å²) < 4.78 is 42.0. The van der Waals surface area contributed by atoms with Gasteiger partial charge in [0, 0.05) is 0 Å². The van der Waals surface area contributed by atoms with Gasteiger partial charge in [-0.25, -0.2) is 0 Å². The number of aliphatic hydroxyl groups excluding tert-OH is 1. The second kappa shape index (κ2) is 3.75. The maximum atomic E-state index is 12.3. The van der Waals surface area contributed by atoms with E-state index in [0.717, 1.165) is 12.1 Å². The first kappa shape index (κ1) is 11.4. The van der Waals surface area contributed by atoms with Gasteiger partial charge in [0.2, 0.25) is 0 Å². The number of alkyl halides is 3. The van der Waals surface area contributed by atoms with Crippen LogP contribution in [-0.4, -0.2) is 24.9 Å². The molecule has 0 saturated carbocycles. The molecule has 2 rings (SSSR count). The van der Waals surface area contributed by atoms with Crippen molar-refractivity contribution in [2.24, 2.45) is 0 Å². The fourth-order valence-electron chi connectivity index (χ4n) is 1.71. The predicted octanol–water partition coefficient (Wildman–Crippen LogP) is 1.97. The van der Waals surface area contributed by atoms with Crippen molar-refractivity contribution < 1.29 is 23.0 Å². The highest BCUT2D eigenvalue weighted by Gasteiger charge is 2.40. The van der Waals surface area contributed by atoms with Crippen LogP contribution in [0.5, 0.6) is 0 Å². The van der Waals surface area contributed by atoms with Crippen molar-refractivity contribution in [3.8, 4) is 0 Å². The van der Waals surface area contributed by atoms with Crippen LogP contribution in [0.1, 0.15) is 11.1 Å². The zero-order valence-electron chi connectivity index (χ0n) is 8.42. The molecule has 1 heterocycles. The third-order valence-corrected chi connectivity index (χ3v) is 2.88. The van der Waals surface area contributed by atoms with Crippen molar-refractivity contribution in [3.63, 3.8) is 0 Å². The molecule has 0 aliphatic carbocycles. The maximum absolute atomic E-state index is 12.3. The van der Waals surface area contributed by atoms with E-state index in [9.17, 15) is 18.3 Å². The van der Waals surface area contributed by atoms with Gasteiger partial charge in [-0.1, -0.05) is 12.1 Å². The van der Waals surface area contributed by atoms with Crippen LogP contribution in [0.3, 0.4) is 0 Å². The summed E-state index contributed by atoms with van der Waals surface area (Å²) >= 11 is 0. The fourth-order valence-corrected chi connectivity index (χ4v) is 1.71. The van der Waals surface area contributed by atoms with E-state index in [4.69, 9.17) is 4.74 Å². The number of rotatable bonds is 2. The van der Waals surface area contributed by atoms with Gasteiger partial charge < -0.3 is 9.84 Å². The Morgan fingerprint density at radius 2 is 1.75 bits per heavy atom. The number of hydrogen-bond acceptors (Lipinski definition) is 2. The van der Waals surface area contributed by atoms with E-state index in [2.05, 4.69) is 0 Å². The van der Waals surface area contributed by atoms with E-state index in [1.165, 1.54) is 12.1 Å². The molecule has 1 aliphatic heterocycles. The van der Waals surface area contributed by atoms with Crippen molar-refractivity contribution in [2.45, 2.75) is 11.6 Å². The van der Waals surface area contributed by atoms with Crippen LogP contribution < -0.4 is 0 Å². The van der Waals surface area contributed by atoms with Crippen molar-refractivity contribution in [1.29, 1.82) is 0 Å². The van der Waals surface area contributed by atoms with Crippen LogP contribution in [0.15, 0.2) is 24.3 Å². The lowest BCUT2D eigenvalue weighted by Crippen LogP contribution is -2.49. The van der Waals surface area contributed by atoms with Crippen LogP contribution >= 0.6 is 0 Å². The number of benzene rings is 1. The molecule has 0 aromatic heterocycles. The van der Waals surface area contributed by atoms with Crippen LogP contribution in [0.4, 0.5) is 13.2 Å². The fraction of sp³-hybridized carbons (Fsp3) is 0.455. The highest BCUT2D eigenvalue weighted by atomic mass is 19.4. The Bertz CT molecular complexity index is 360. The van der Waals surface area contributed by atoms with Gasteiger partial charge in [0.25, 0.3) is 0 Å². The summed E-state index contributed by atoms with van der Waals surface area (Å²) in [6.45, 7) is 0.599. The standard InChI is InChI=1S/C11H11F3O2/c12-11(13,14)9-3-1-8(2-4-9)10(5-15)6-16-7-10/h1-4,15H,5-7H2. The van der Waals surface area contributed by atoms with E-state index in [1.807, 2.05) is 0 Å². The molecule has 5 heteroatoms. The average molecular weight is 232 g/mol. The molecule has 2 nitrogen and oxygen atoms in total. The molecule has 1 fully saturated rings. The topological polar surface area (TPSA) is 29.5 Å². The number of aliphatic hydroxyl groups is 1. The minimum absolute atomic E-state index is 0.113. The first-order valence-electron chi connectivity index (χ1n) is 4.84. The Morgan fingerprint density at radius 1 is 1.19 bits per heavy atom. The van der Waals surface area contributed by atoms with Gasteiger partial charge in [-0.2, -0.15) is 13.2 Å². The van der Waals surface area contributed by atoms with Crippen LogP contribution in [0.25, 0.3) is 0 Å². The molecule has 1 aliphatic rings. The van der Waals surface area contributed by atoms with Gasteiger partial charge in [0.1, 0.15) is 0 Å². The van der Waals surface area contributed by atoms with E-state index >= 15 is 0 Å². The summed E-state index contributed by atoms with van der Waals surface area (Å²) in [5.74, 6) is 0. The lowest BCUT2D eigenvalue weighted by Gasteiger charge is -2.40. The Balaban J connectivity index is 2.26. The van der Waals surface area contributed by atoms with Crippen LogP contribution in [-0.2, 0) is 16.3 Å².